The summed E-state index contributed by atoms with van der Waals surface area (Å²) < 4.78 is -1.40. The summed E-state index contributed by atoms with van der Waals surface area (Å²) in [5.41, 5.74) is 0. The van der Waals surface area contributed by atoms with Crippen molar-refractivity contribution in [3.05, 3.63) is 0 Å². The molecule has 5 heteroatoms. The number of hydrogen-bond donors (Lipinski definition) is 0. The molecule has 0 fully saturated rings. The van der Waals surface area contributed by atoms with Crippen LogP contribution >= 0.6 is 34.8 Å². The van der Waals surface area contributed by atoms with Gasteiger partial charge in [-0.25, -0.2) is 0 Å². The molecule has 0 bridgehead atoms. The minimum absolute atomic E-state index is 0.0567. The smallest absolute Gasteiger partial charge is 0.311 e. The van der Waals surface area contributed by atoms with Crippen LogP contribution in [0.25, 0.3) is 0 Å². The van der Waals surface area contributed by atoms with Crippen molar-refractivity contribution in [1.82, 2.24) is 4.90 Å². The van der Waals surface area contributed by atoms with Gasteiger partial charge in [0, 0.05) is 7.05 Å². The van der Waals surface area contributed by atoms with Gasteiger partial charge in [-0.05, 0) is 0 Å². The van der Waals surface area contributed by atoms with Crippen LogP contribution in [0.2, 0.25) is 0 Å². The highest BCUT2D eigenvalue weighted by Crippen LogP contribution is 2.25. The first-order valence-electron chi connectivity index (χ1n) is 2.11. The van der Waals surface area contributed by atoms with E-state index in [1.165, 1.54) is 7.05 Å². The van der Waals surface area contributed by atoms with Crippen molar-refractivity contribution in [3.63, 3.8) is 0 Å². The molecule has 1 amide bonds. The molecule has 0 aromatic rings. The lowest BCUT2D eigenvalue weighted by Gasteiger charge is -2.15. The number of hydrogen-bond acceptors (Lipinski definition) is 1. The predicted molar refractivity (Wildman–Crippen MR) is 38.6 cm³/mol. The van der Waals surface area contributed by atoms with E-state index < -0.39 is 3.79 Å². The number of rotatable bonds is 2. The van der Waals surface area contributed by atoms with Crippen LogP contribution in [0.5, 0.6) is 0 Å². The zero-order valence-corrected chi connectivity index (χ0v) is 6.96. The SMILES string of the molecule is CN([C]=O)CC(Cl)(Cl)Cl. The normalized spacial score (nSPS) is 11.1. The Labute approximate surface area is 68.7 Å². The Kier molecular flexibility index (Phi) is 3.63. The van der Waals surface area contributed by atoms with E-state index in [1.807, 2.05) is 0 Å². The topological polar surface area (TPSA) is 20.3 Å². The Balaban J connectivity index is 3.59. The summed E-state index contributed by atoms with van der Waals surface area (Å²) in [6.07, 6.45) is 1.55. The second kappa shape index (κ2) is 3.49. The summed E-state index contributed by atoms with van der Waals surface area (Å²) in [4.78, 5) is 10.9. The molecule has 0 heterocycles. The summed E-state index contributed by atoms with van der Waals surface area (Å²) in [6, 6.07) is 0. The molecule has 0 saturated carbocycles. The molecule has 0 N–H and O–H groups in total. The summed E-state index contributed by atoms with van der Waals surface area (Å²) in [5.74, 6) is 0. The number of carbonyl (C=O) groups excluding carboxylic acids is 1. The lowest BCUT2D eigenvalue weighted by atomic mass is 10.7. The van der Waals surface area contributed by atoms with Crippen LogP contribution in [0, 0.1) is 0 Å². The van der Waals surface area contributed by atoms with Gasteiger partial charge >= 0.3 is 6.41 Å². The molecule has 0 aromatic carbocycles. The van der Waals surface area contributed by atoms with Gasteiger partial charge < -0.3 is 4.90 Å². The summed E-state index contributed by atoms with van der Waals surface area (Å²) >= 11 is 16.0. The Hall–Kier alpha value is 0.340. The summed E-state index contributed by atoms with van der Waals surface area (Å²) in [6.45, 7) is 0.0567. The second-order valence-electron chi connectivity index (χ2n) is 1.56. The third-order valence-corrected chi connectivity index (χ3v) is 0.931. The molecule has 0 unspecified atom stereocenters. The van der Waals surface area contributed by atoms with E-state index in [1.54, 1.807) is 6.41 Å². The third kappa shape index (κ3) is 6.22. The van der Waals surface area contributed by atoms with Gasteiger partial charge in [0.1, 0.15) is 0 Å². The predicted octanol–water partition coefficient (Wildman–Crippen LogP) is 1.36. The van der Waals surface area contributed by atoms with E-state index >= 15 is 0 Å². The largest absolute Gasteiger partial charge is 0.333 e. The fourth-order valence-corrected chi connectivity index (χ4v) is 0.839. The van der Waals surface area contributed by atoms with Gasteiger partial charge in [-0.15, -0.1) is 0 Å². The molecule has 53 valence electrons. The number of alkyl halides is 3. The molecule has 2 nitrogen and oxygen atoms in total. The standard InChI is InChI=1S/C4H5Cl3NO/c1-8(3-9)2-4(5,6)7/h2H2,1H3. The van der Waals surface area contributed by atoms with Crippen LogP contribution in [0.15, 0.2) is 0 Å². The first-order chi connectivity index (χ1) is 3.95. The molecule has 0 saturated heterocycles. The molecule has 0 aliphatic heterocycles. The number of halogens is 3. The van der Waals surface area contributed by atoms with E-state index in [0.717, 1.165) is 4.90 Å². The van der Waals surface area contributed by atoms with Crippen molar-refractivity contribution in [3.8, 4) is 0 Å². The lowest BCUT2D eigenvalue weighted by molar-refractivity contribution is 0.440. The van der Waals surface area contributed by atoms with Gasteiger partial charge in [-0.3, -0.25) is 4.79 Å². The van der Waals surface area contributed by atoms with Gasteiger partial charge in [0.25, 0.3) is 0 Å². The lowest BCUT2D eigenvalue weighted by Crippen LogP contribution is -2.27. The van der Waals surface area contributed by atoms with Crippen LogP contribution in [-0.2, 0) is 4.79 Å². The van der Waals surface area contributed by atoms with Crippen LogP contribution < -0.4 is 0 Å². The molecule has 0 aliphatic carbocycles. The fraction of sp³-hybridized carbons (Fsp3) is 0.750. The molecule has 0 atom stereocenters. The minimum atomic E-state index is -1.40. The monoisotopic (exact) mass is 188 g/mol. The van der Waals surface area contributed by atoms with E-state index in [-0.39, 0.29) is 6.54 Å². The first kappa shape index (κ1) is 9.34. The van der Waals surface area contributed by atoms with Crippen LogP contribution in [-0.4, -0.2) is 28.7 Å². The summed E-state index contributed by atoms with van der Waals surface area (Å²) in [7, 11) is 1.48. The molecule has 0 aromatic heterocycles. The maximum absolute atomic E-state index is 9.81. The van der Waals surface area contributed by atoms with Gasteiger partial charge in [0.2, 0.25) is 3.79 Å². The first-order valence-corrected chi connectivity index (χ1v) is 3.25. The average Bonchev–Trinajstić information content (AvgIpc) is 1.62. The van der Waals surface area contributed by atoms with Crippen molar-refractivity contribution >= 4 is 41.2 Å². The van der Waals surface area contributed by atoms with E-state index in [2.05, 4.69) is 0 Å². The zero-order valence-electron chi connectivity index (χ0n) is 4.70. The van der Waals surface area contributed by atoms with Gasteiger partial charge in [-0.1, -0.05) is 34.8 Å². The van der Waals surface area contributed by atoms with Gasteiger partial charge in [0.15, 0.2) is 0 Å². The van der Waals surface area contributed by atoms with E-state index in [9.17, 15) is 4.79 Å². The van der Waals surface area contributed by atoms with Crippen LogP contribution in [0.4, 0.5) is 0 Å². The third-order valence-electron chi connectivity index (χ3n) is 0.572. The van der Waals surface area contributed by atoms with E-state index in [0.29, 0.717) is 0 Å². The average molecular weight is 189 g/mol. The zero-order chi connectivity index (χ0) is 7.49. The fourth-order valence-electron chi connectivity index (χ4n) is 0.301. The molecule has 0 aliphatic rings. The Morgan fingerprint density at radius 1 is 1.56 bits per heavy atom. The maximum atomic E-state index is 9.81. The van der Waals surface area contributed by atoms with Gasteiger partial charge in [-0.2, -0.15) is 0 Å². The van der Waals surface area contributed by atoms with Crippen LogP contribution in [0.3, 0.4) is 0 Å². The highest BCUT2D eigenvalue weighted by molar-refractivity contribution is 6.67. The van der Waals surface area contributed by atoms with Crippen molar-refractivity contribution in [2.75, 3.05) is 13.6 Å². The Morgan fingerprint density at radius 3 is 2.11 bits per heavy atom. The quantitative estimate of drug-likeness (QED) is 0.474. The second-order valence-corrected chi connectivity index (χ2v) is 4.08. The van der Waals surface area contributed by atoms with Crippen LogP contribution in [0.1, 0.15) is 0 Å². The highest BCUT2D eigenvalue weighted by Gasteiger charge is 2.21. The molecular weight excluding hydrogens is 184 g/mol. The molecule has 0 rings (SSSR count). The Bertz CT molecular complexity index is 100. The number of nitrogens with zero attached hydrogens (tertiary/aromatic N) is 1. The maximum Gasteiger partial charge on any atom is 0.311 e. The molecule has 0 spiro atoms. The van der Waals surface area contributed by atoms with Crippen molar-refractivity contribution in [2.45, 2.75) is 3.79 Å². The molecular formula is C4H5Cl3NO. The molecule has 9 heavy (non-hydrogen) atoms. The summed E-state index contributed by atoms with van der Waals surface area (Å²) in [5, 5.41) is 0. The highest BCUT2D eigenvalue weighted by atomic mass is 35.6. The van der Waals surface area contributed by atoms with Gasteiger partial charge in [0.05, 0.1) is 6.54 Å². The molecule has 1 radical (unpaired) electrons. The number of amides is 1. The van der Waals surface area contributed by atoms with Crippen molar-refractivity contribution in [2.24, 2.45) is 0 Å². The minimum Gasteiger partial charge on any atom is -0.333 e. The Morgan fingerprint density at radius 2 is 2.00 bits per heavy atom. The van der Waals surface area contributed by atoms with Crippen molar-refractivity contribution in [1.29, 1.82) is 0 Å². The van der Waals surface area contributed by atoms with Crippen molar-refractivity contribution < 1.29 is 4.79 Å². The van der Waals surface area contributed by atoms with E-state index in [4.69, 9.17) is 34.8 Å².